The van der Waals surface area contributed by atoms with Crippen molar-refractivity contribution in [2.24, 2.45) is 0 Å². The van der Waals surface area contributed by atoms with E-state index in [2.05, 4.69) is 11.0 Å². The van der Waals surface area contributed by atoms with Gasteiger partial charge in [-0.05, 0) is 6.42 Å². The predicted octanol–water partition coefficient (Wildman–Crippen LogP) is 1.19. The smallest absolute Gasteiger partial charge is 0.0974 e. The largest absolute Gasteiger partial charge is 0.378 e. The van der Waals surface area contributed by atoms with E-state index in [1.807, 2.05) is 11.8 Å². The van der Waals surface area contributed by atoms with Gasteiger partial charge in [0.1, 0.15) is 0 Å². The lowest BCUT2D eigenvalue weighted by atomic mass is 10.2. The minimum Gasteiger partial charge on any atom is -0.378 e. The summed E-state index contributed by atoms with van der Waals surface area (Å²) < 4.78 is 5.27. The first-order valence-corrected chi connectivity index (χ1v) is 5.49. The molecule has 0 aromatic carbocycles. The van der Waals surface area contributed by atoms with Gasteiger partial charge >= 0.3 is 0 Å². The second-order valence-electron chi connectivity index (χ2n) is 3.09. The van der Waals surface area contributed by atoms with E-state index in [-0.39, 0.29) is 0 Å². The van der Waals surface area contributed by atoms with E-state index in [4.69, 9.17) is 10.00 Å². The molecule has 70 valence electrons. The molecule has 0 bridgehead atoms. The summed E-state index contributed by atoms with van der Waals surface area (Å²) in [5.41, 5.74) is 0.965. The molecule has 0 spiro atoms. The first-order valence-electron chi connectivity index (χ1n) is 4.50. The van der Waals surface area contributed by atoms with Crippen molar-refractivity contribution < 1.29 is 4.74 Å². The van der Waals surface area contributed by atoms with Crippen LogP contribution in [0.25, 0.3) is 0 Å². The number of thioether (sulfide) groups is 1. The van der Waals surface area contributed by atoms with E-state index in [0.29, 0.717) is 0 Å². The summed E-state index contributed by atoms with van der Waals surface area (Å²) in [6, 6.07) is 2.29. The normalized spacial score (nSPS) is 23.5. The van der Waals surface area contributed by atoms with Gasteiger partial charge in [0.25, 0.3) is 0 Å². The summed E-state index contributed by atoms with van der Waals surface area (Å²) in [5, 5.41) is 10.1. The van der Waals surface area contributed by atoms with Crippen LogP contribution in [0.4, 0.5) is 0 Å². The average molecular weight is 196 g/mol. The molecule has 13 heavy (non-hydrogen) atoms. The summed E-state index contributed by atoms with van der Waals surface area (Å²) in [7, 11) is 0. The quantitative estimate of drug-likeness (QED) is 0.631. The minimum atomic E-state index is 0.794. The Bertz CT molecular complexity index is 263. The number of hydrogen-bond donors (Lipinski definition) is 0. The highest BCUT2D eigenvalue weighted by atomic mass is 32.2. The molecule has 2 aliphatic rings. The van der Waals surface area contributed by atoms with Gasteiger partial charge in [-0.15, -0.1) is 11.8 Å². The molecule has 2 rings (SSSR count). The average Bonchev–Trinajstić information content (AvgIpc) is 2.67. The molecule has 0 saturated carbocycles. The lowest BCUT2D eigenvalue weighted by molar-refractivity contribution is 0.0575. The number of hydrogen-bond acceptors (Lipinski definition) is 4. The highest BCUT2D eigenvalue weighted by Crippen LogP contribution is 2.33. The zero-order chi connectivity index (χ0) is 9.10. The van der Waals surface area contributed by atoms with Crippen molar-refractivity contribution in [2.75, 3.05) is 32.1 Å². The molecule has 1 fully saturated rings. The first kappa shape index (κ1) is 8.92. The fourth-order valence-corrected chi connectivity index (χ4v) is 2.78. The Balaban J connectivity index is 2.10. The zero-order valence-corrected chi connectivity index (χ0v) is 8.27. The van der Waals surface area contributed by atoms with Crippen LogP contribution < -0.4 is 0 Å². The van der Waals surface area contributed by atoms with Crippen molar-refractivity contribution in [1.82, 2.24) is 4.90 Å². The van der Waals surface area contributed by atoms with Gasteiger partial charge < -0.3 is 9.64 Å². The summed E-state index contributed by atoms with van der Waals surface area (Å²) in [4.78, 5) is 2.28. The SMILES string of the molecule is N#CC1=C(N2CCOCC2)SCC1. The maximum atomic E-state index is 8.89. The van der Waals surface area contributed by atoms with Gasteiger partial charge in [-0.3, -0.25) is 0 Å². The van der Waals surface area contributed by atoms with Crippen molar-refractivity contribution in [1.29, 1.82) is 5.26 Å². The first-order chi connectivity index (χ1) is 6.42. The molecule has 0 aromatic rings. The molecule has 0 aliphatic carbocycles. The van der Waals surface area contributed by atoms with Gasteiger partial charge in [-0.1, -0.05) is 0 Å². The third-order valence-corrected chi connectivity index (χ3v) is 3.47. The fourth-order valence-electron chi connectivity index (χ4n) is 1.60. The maximum absolute atomic E-state index is 8.89. The van der Waals surface area contributed by atoms with Gasteiger partial charge in [0, 0.05) is 18.8 Å². The molecule has 1 saturated heterocycles. The third kappa shape index (κ3) is 1.82. The highest BCUT2D eigenvalue weighted by Gasteiger charge is 2.22. The molecule has 0 atom stereocenters. The van der Waals surface area contributed by atoms with Gasteiger partial charge in [0.15, 0.2) is 0 Å². The molecule has 4 heteroatoms. The second kappa shape index (κ2) is 4.03. The Kier molecular flexibility index (Phi) is 2.77. The second-order valence-corrected chi connectivity index (χ2v) is 4.18. The Labute approximate surface area is 82.3 Å². The van der Waals surface area contributed by atoms with Crippen LogP contribution in [0.5, 0.6) is 0 Å². The minimum absolute atomic E-state index is 0.794. The molecular formula is C9H12N2OS. The lowest BCUT2D eigenvalue weighted by Gasteiger charge is -2.29. The molecule has 0 amide bonds. The van der Waals surface area contributed by atoms with Gasteiger partial charge in [-0.25, -0.2) is 0 Å². The molecular weight excluding hydrogens is 184 g/mol. The number of rotatable bonds is 1. The van der Waals surface area contributed by atoms with Crippen LogP contribution >= 0.6 is 11.8 Å². The van der Waals surface area contributed by atoms with Crippen LogP contribution in [-0.4, -0.2) is 37.0 Å². The van der Waals surface area contributed by atoms with Gasteiger partial charge in [0.05, 0.1) is 29.9 Å². The highest BCUT2D eigenvalue weighted by molar-refractivity contribution is 8.03. The van der Waals surface area contributed by atoms with Crippen molar-refractivity contribution in [3.8, 4) is 6.07 Å². The maximum Gasteiger partial charge on any atom is 0.0974 e. The predicted molar refractivity (Wildman–Crippen MR) is 52.1 cm³/mol. The summed E-state index contributed by atoms with van der Waals surface area (Å²) >= 11 is 1.81. The molecule has 3 nitrogen and oxygen atoms in total. The number of morpholine rings is 1. The van der Waals surface area contributed by atoms with Crippen molar-refractivity contribution in [2.45, 2.75) is 6.42 Å². The molecule has 2 heterocycles. The van der Waals surface area contributed by atoms with E-state index in [0.717, 1.165) is 44.1 Å². The standard InChI is InChI=1S/C9H12N2OS/c10-7-8-1-6-13-9(8)11-2-4-12-5-3-11/h1-6H2. The Morgan fingerprint density at radius 2 is 2.15 bits per heavy atom. The van der Waals surface area contributed by atoms with Gasteiger partial charge in [0.2, 0.25) is 0 Å². The number of nitrogens with zero attached hydrogens (tertiary/aromatic N) is 2. The fraction of sp³-hybridized carbons (Fsp3) is 0.667. The zero-order valence-electron chi connectivity index (χ0n) is 7.45. The molecule has 0 radical (unpaired) electrons. The molecule has 2 aliphatic heterocycles. The monoisotopic (exact) mass is 196 g/mol. The van der Waals surface area contributed by atoms with Crippen LogP contribution in [-0.2, 0) is 4.74 Å². The Morgan fingerprint density at radius 3 is 2.85 bits per heavy atom. The number of nitriles is 1. The van der Waals surface area contributed by atoms with Crippen LogP contribution in [0.2, 0.25) is 0 Å². The third-order valence-electron chi connectivity index (χ3n) is 2.28. The van der Waals surface area contributed by atoms with Crippen LogP contribution in [0, 0.1) is 11.3 Å². The van der Waals surface area contributed by atoms with Crippen molar-refractivity contribution in [3.63, 3.8) is 0 Å². The van der Waals surface area contributed by atoms with E-state index < -0.39 is 0 Å². The van der Waals surface area contributed by atoms with E-state index in [1.54, 1.807) is 0 Å². The van der Waals surface area contributed by atoms with Gasteiger partial charge in [-0.2, -0.15) is 5.26 Å². The Hall–Kier alpha value is -0.660. The summed E-state index contributed by atoms with van der Waals surface area (Å²) in [6.45, 7) is 3.46. The van der Waals surface area contributed by atoms with E-state index in [1.165, 1.54) is 5.03 Å². The topological polar surface area (TPSA) is 36.3 Å². The molecule has 0 N–H and O–H groups in total. The molecule has 0 unspecified atom stereocenters. The van der Waals surface area contributed by atoms with Crippen molar-refractivity contribution >= 4 is 11.8 Å². The molecule has 0 aromatic heterocycles. The summed E-state index contributed by atoms with van der Waals surface area (Å²) in [6.07, 6.45) is 0.938. The lowest BCUT2D eigenvalue weighted by Crippen LogP contribution is -2.34. The Morgan fingerprint density at radius 1 is 1.38 bits per heavy atom. The number of allylic oxidation sites excluding steroid dienone is 1. The van der Waals surface area contributed by atoms with E-state index in [9.17, 15) is 0 Å². The van der Waals surface area contributed by atoms with Crippen LogP contribution in [0.3, 0.4) is 0 Å². The summed E-state index contributed by atoms with van der Waals surface area (Å²) in [5.74, 6) is 1.07. The number of ether oxygens (including phenoxy) is 1. The van der Waals surface area contributed by atoms with Crippen LogP contribution in [0.15, 0.2) is 10.6 Å². The van der Waals surface area contributed by atoms with Crippen molar-refractivity contribution in [3.05, 3.63) is 10.6 Å². The van der Waals surface area contributed by atoms with E-state index >= 15 is 0 Å². The van der Waals surface area contributed by atoms with Crippen LogP contribution in [0.1, 0.15) is 6.42 Å².